The highest BCUT2D eigenvalue weighted by atomic mass is 32.1. The topological polar surface area (TPSA) is 27.3 Å². The fourth-order valence-electron chi connectivity index (χ4n) is 1.94. The van der Waals surface area contributed by atoms with Crippen LogP contribution in [0.5, 0.6) is 0 Å². The van der Waals surface area contributed by atoms with E-state index in [9.17, 15) is 4.39 Å². The van der Waals surface area contributed by atoms with E-state index in [1.54, 1.807) is 19.1 Å². The number of anilines is 2. The van der Waals surface area contributed by atoms with Crippen molar-refractivity contribution in [1.82, 2.24) is 5.32 Å². The van der Waals surface area contributed by atoms with E-state index in [0.29, 0.717) is 22.9 Å². The molecule has 22 heavy (non-hydrogen) atoms. The van der Waals surface area contributed by atoms with E-state index in [-0.39, 0.29) is 5.82 Å². The first-order valence-corrected chi connectivity index (χ1v) is 7.44. The molecule has 0 amide bonds. The smallest absolute Gasteiger partial charge is 0.171 e. The summed E-state index contributed by atoms with van der Waals surface area (Å²) in [5.41, 5.74) is 3.54. The third-order valence-electron chi connectivity index (χ3n) is 3.34. The first kappa shape index (κ1) is 16.2. The molecule has 2 N–H and O–H groups in total. The van der Waals surface area contributed by atoms with Crippen molar-refractivity contribution in [1.29, 1.82) is 0 Å². The van der Waals surface area contributed by atoms with E-state index in [2.05, 4.69) is 39.8 Å². The molecule has 0 aliphatic rings. The molecule has 2 aromatic rings. The van der Waals surface area contributed by atoms with Crippen molar-refractivity contribution in [3.8, 4) is 0 Å². The molecule has 0 saturated carbocycles. The van der Waals surface area contributed by atoms with Crippen LogP contribution in [0, 0.1) is 12.7 Å². The van der Waals surface area contributed by atoms with Gasteiger partial charge in [0, 0.05) is 32.0 Å². The van der Waals surface area contributed by atoms with Crippen LogP contribution in [0.25, 0.3) is 0 Å². The second kappa shape index (κ2) is 7.22. The summed E-state index contributed by atoms with van der Waals surface area (Å²) in [6, 6.07) is 13.2. The Morgan fingerprint density at radius 2 is 1.82 bits per heavy atom. The Kier molecular flexibility index (Phi) is 5.33. The zero-order valence-electron chi connectivity index (χ0n) is 13.0. The van der Waals surface area contributed by atoms with Gasteiger partial charge in [0.1, 0.15) is 5.82 Å². The second-order valence-electron chi connectivity index (χ2n) is 5.33. The predicted molar refractivity (Wildman–Crippen MR) is 95.0 cm³/mol. The Hall–Kier alpha value is -2.14. The van der Waals surface area contributed by atoms with Gasteiger partial charge in [0.25, 0.3) is 0 Å². The van der Waals surface area contributed by atoms with Crippen LogP contribution in [0.4, 0.5) is 15.8 Å². The van der Waals surface area contributed by atoms with Crippen LogP contribution in [-0.2, 0) is 6.54 Å². The minimum Gasteiger partial charge on any atom is -0.378 e. The van der Waals surface area contributed by atoms with Gasteiger partial charge in [-0.1, -0.05) is 18.2 Å². The first-order chi connectivity index (χ1) is 10.5. The number of aryl methyl sites for hydroxylation is 1. The van der Waals surface area contributed by atoms with Gasteiger partial charge in [-0.25, -0.2) is 4.39 Å². The molecule has 2 rings (SSSR count). The van der Waals surface area contributed by atoms with Crippen LogP contribution in [0.2, 0.25) is 0 Å². The largest absolute Gasteiger partial charge is 0.378 e. The van der Waals surface area contributed by atoms with Crippen LogP contribution in [-0.4, -0.2) is 19.2 Å². The molecule has 0 spiro atoms. The van der Waals surface area contributed by atoms with Crippen molar-refractivity contribution < 1.29 is 4.39 Å². The van der Waals surface area contributed by atoms with Crippen molar-refractivity contribution in [2.24, 2.45) is 0 Å². The summed E-state index contributed by atoms with van der Waals surface area (Å²) in [5, 5.41) is 6.57. The lowest BCUT2D eigenvalue weighted by molar-refractivity contribution is 0.619. The van der Waals surface area contributed by atoms with Gasteiger partial charge < -0.3 is 15.5 Å². The minimum absolute atomic E-state index is 0.243. The van der Waals surface area contributed by atoms with Gasteiger partial charge in [-0.2, -0.15) is 0 Å². The number of rotatable bonds is 4. The van der Waals surface area contributed by atoms with E-state index >= 15 is 0 Å². The van der Waals surface area contributed by atoms with Crippen molar-refractivity contribution in [3.63, 3.8) is 0 Å². The Labute approximate surface area is 136 Å². The highest BCUT2D eigenvalue weighted by Crippen LogP contribution is 2.14. The number of thiocarbonyl (C=S) groups is 1. The molecule has 0 radical (unpaired) electrons. The van der Waals surface area contributed by atoms with E-state index in [1.165, 1.54) is 6.07 Å². The maximum absolute atomic E-state index is 13.5. The van der Waals surface area contributed by atoms with E-state index in [4.69, 9.17) is 12.2 Å². The number of hydrogen-bond acceptors (Lipinski definition) is 2. The molecule has 0 fully saturated rings. The lowest BCUT2D eigenvalue weighted by Crippen LogP contribution is -2.27. The molecule has 116 valence electrons. The molecule has 0 aromatic heterocycles. The normalized spacial score (nSPS) is 10.2. The summed E-state index contributed by atoms with van der Waals surface area (Å²) < 4.78 is 13.5. The number of halogens is 1. The molecule has 0 aliphatic carbocycles. The molecule has 3 nitrogen and oxygen atoms in total. The summed E-state index contributed by atoms with van der Waals surface area (Å²) in [5.74, 6) is -0.243. The highest BCUT2D eigenvalue weighted by molar-refractivity contribution is 7.80. The second-order valence-corrected chi connectivity index (χ2v) is 5.74. The molecule has 0 bridgehead atoms. The van der Waals surface area contributed by atoms with Crippen LogP contribution in [0.15, 0.2) is 42.5 Å². The summed E-state index contributed by atoms with van der Waals surface area (Å²) in [6.45, 7) is 2.35. The number of nitrogens with one attached hydrogen (secondary N) is 2. The Bertz CT molecular complexity index is 653. The van der Waals surface area contributed by atoms with Crippen LogP contribution in [0.3, 0.4) is 0 Å². The Morgan fingerprint density at radius 3 is 2.41 bits per heavy atom. The molecule has 2 aromatic carbocycles. The summed E-state index contributed by atoms with van der Waals surface area (Å²) in [6.07, 6.45) is 0. The van der Waals surface area contributed by atoms with Gasteiger partial charge in [-0.05, 0) is 54.5 Å². The summed E-state index contributed by atoms with van der Waals surface area (Å²) in [4.78, 5) is 2.05. The average Bonchev–Trinajstić information content (AvgIpc) is 2.49. The van der Waals surface area contributed by atoms with Gasteiger partial charge in [0.05, 0.1) is 0 Å². The summed E-state index contributed by atoms with van der Waals surface area (Å²) in [7, 11) is 4.01. The van der Waals surface area contributed by atoms with E-state index in [0.717, 1.165) is 11.3 Å². The lowest BCUT2D eigenvalue weighted by Gasteiger charge is -2.14. The SMILES string of the molecule is Cc1ccc(NC(=S)NCc2ccc(N(C)C)cc2)cc1F. The third kappa shape index (κ3) is 4.43. The fourth-order valence-corrected chi connectivity index (χ4v) is 2.13. The molecular weight excluding hydrogens is 297 g/mol. The molecular formula is C17H20FN3S. The van der Waals surface area contributed by atoms with E-state index < -0.39 is 0 Å². The van der Waals surface area contributed by atoms with Crippen molar-refractivity contribution in [3.05, 3.63) is 59.4 Å². The number of benzene rings is 2. The standard InChI is InChI=1S/C17H20FN3S/c1-12-4-7-14(10-16(12)18)20-17(22)19-11-13-5-8-15(9-6-13)21(2)3/h4-10H,11H2,1-3H3,(H2,19,20,22). The van der Waals surface area contributed by atoms with Gasteiger partial charge in [0.15, 0.2) is 5.11 Å². The maximum atomic E-state index is 13.5. The monoisotopic (exact) mass is 317 g/mol. The van der Waals surface area contributed by atoms with Crippen molar-refractivity contribution in [2.75, 3.05) is 24.3 Å². The maximum Gasteiger partial charge on any atom is 0.171 e. The van der Waals surface area contributed by atoms with Gasteiger partial charge in [0.2, 0.25) is 0 Å². The zero-order valence-corrected chi connectivity index (χ0v) is 13.8. The van der Waals surface area contributed by atoms with E-state index in [1.807, 2.05) is 14.1 Å². The molecule has 0 unspecified atom stereocenters. The Balaban J connectivity index is 1.88. The van der Waals surface area contributed by atoms with Gasteiger partial charge >= 0.3 is 0 Å². The average molecular weight is 317 g/mol. The quantitative estimate of drug-likeness (QED) is 0.841. The van der Waals surface area contributed by atoms with Gasteiger partial charge in [-0.3, -0.25) is 0 Å². The molecule has 0 aliphatic heterocycles. The number of hydrogen-bond donors (Lipinski definition) is 2. The highest BCUT2D eigenvalue weighted by Gasteiger charge is 2.02. The summed E-state index contributed by atoms with van der Waals surface area (Å²) >= 11 is 5.23. The Morgan fingerprint density at radius 1 is 1.14 bits per heavy atom. The predicted octanol–water partition coefficient (Wildman–Crippen LogP) is 3.69. The first-order valence-electron chi connectivity index (χ1n) is 7.03. The fraction of sp³-hybridized carbons (Fsp3) is 0.235. The molecule has 0 heterocycles. The number of nitrogens with zero attached hydrogens (tertiary/aromatic N) is 1. The third-order valence-corrected chi connectivity index (χ3v) is 3.58. The molecule has 0 atom stereocenters. The lowest BCUT2D eigenvalue weighted by atomic mass is 10.2. The molecule has 0 saturated heterocycles. The van der Waals surface area contributed by atoms with Crippen molar-refractivity contribution in [2.45, 2.75) is 13.5 Å². The van der Waals surface area contributed by atoms with Crippen LogP contribution < -0.4 is 15.5 Å². The molecule has 5 heteroatoms. The van der Waals surface area contributed by atoms with Crippen LogP contribution >= 0.6 is 12.2 Å². The van der Waals surface area contributed by atoms with Gasteiger partial charge in [-0.15, -0.1) is 0 Å². The zero-order chi connectivity index (χ0) is 16.1. The minimum atomic E-state index is -0.243. The van der Waals surface area contributed by atoms with Crippen molar-refractivity contribution >= 4 is 28.7 Å². The van der Waals surface area contributed by atoms with Crippen LogP contribution in [0.1, 0.15) is 11.1 Å².